The van der Waals surface area contributed by atoms with Crippen molar-refractivity contribution in [2.75, 3.05) is 0 Å². The predicted octanol–water partition coefficient (Wildman–Crippen LogP) is 1.62. The van der Waals surface area contributed by atoms with Gasteiger partial charge in [0.25, 0.3) is 0 Å². The fourth-order valence-corrected chi connectivity index (χ4v) is 5.23. The predicted molar refractivity (Wildman–Crippen MR) is 154 cm³/mol. The van der Waals surface area contributed by atoms with Crippen LogP contribution in [0, 0.1) is 0 Å². The van der Waals surface area contributed by atoms with E-state index < -0.39 is 0 Å². The molecule has 0 unspecified atom stereocenters. The number of benzene rings is 5. The number of hydrogen-bond donors (Lipinski definition) is 0. The minimum Gasteiger partial charge on any atom is -1.00 e. The summed E-state index contributed by atoms with van der Waals surface area (Å²) in [5, 5.41) is 10.8. The van der Waals surface area contributed by atoms with E-state index >= 15 is 0 Å². The molecule has 0 bridgehead atoms. The first-order chi connectivity index (χ1) is 17.4. The summed E-state index contributed by atoms with van der Waals surface area (Å²) >= 11 is 0. The Labute approximate surface area is 259 Å². The van der Waals surface area contributed by atoms with Gasteiger partial charge in [0.1, 0.15) is 9.52 Å². The molecular weight excluding hydrogens is 599 g/mol. The molecule has 0 amide bonds. The van der Waals surface area contributed by atoms with Crippen LogP contribution in [0.15, 0.2) is 158 Å². The summed E-state index contributed by atoms with van der Waals surface area (Å²) in [5.74, 6) is 0. The van der Waals surface area contributed by atoms with E-state index in [1.54, 1.807) is 0 Å². The Balaban J connectivity index is 0.000000196. The number of hydrogen-bond acceptors (Lipinski definition) is 0. The molecule has 0 aromatic heterocycles. The summed E-state index contributed by atoms with van der Waals surface area (Å²) in [5.41, 5.74) is 0. The maximum absolute atomic E-state index is 2.24. The van der Waals surface area contributed by atoms with Gasteiger partial charge in [0, 0.05) is 0 Å². The molecular formula is C34H26Cl2SiZr. The smallest absolute Gasteiger partial charge is 1.00 e. The van der Waals surface area contributed by atoms with E-state index in [0.29, 0.717) is 0 Å². The van der Waals surface area contributed by atoms with Gasteiger partial charge in [-0.1, -0.05) is 114 Å². The Kier molecular flexibility index (Phi) is 13.5. The Hall–Kier alpha value is -2.74. The molecule has 0 saturated carbocycles. The van der Waals surface area contributed by atoms with Gasteiger partial charge in [-0.25, -0.2) is 0 Å². The van der Waals surface area contributed by atoms with E-state index in [9.17, 15) is 0 Å². The maximum Gasteiger partial charge on any atom is 4.00 e. The van der Waals surface area contributed by atoms with Crippen LogP contribution in [-0.4, -0.2) is 9.52 Å². The van der Waals surface area contributed by atoms with Crippen LogP contribution in [0.3, 0.4) is 0 Å². The molecule has 0 heterocycles. The molecule has 7 aromatic rings. The van der Waals surface area contributed by atoms with Crippen molar-refractivity contribution in [2.45, 2.75) is 0 Å². The second-order valence-corrected chi connectivity index (χ2v) is 9.74. The molecule has 0 N–H and O–H groups in total. The van der Waals surface area contributed by atoms with Crippen molar-refractivity contribution in [1.29, 1.82) is 0 Å². The molecule has 7 aromatic carbocycles. The molecule has 7 rings (SSSR count). The molecule has 2 radical (unpaired) electrons. The Morgan fingerprint density at radius 1 is 0.421 bits per heavy atom. The zero-order chi connectivity index (χ0) is 23.7. The van der Waals surface area contributed by atoms with Gasteiger partial charge >= 0.3 is 26.2 Å². The van der Waals surface area contributed by atoms with Crippen molar-refractivity contribution >= 4 is 52.2 Å². The van der Waals surface area contributed by atoms with Crippen molar-refractivity contribution in [3.05, 3.63) is 158 Å². The fraction of sp³-hybridized carbons (Fsp3) is 0. The number of rotatable bonds is 2. The summed E-state index contributed by atoms with van der Waals surface area (Å²) in [6, 6.07) is 55.1. The van der Waals surface area contributed by atoms with E-state index in [2.05, 4.69) is 158 Å². The summed E-state index contributed by atoms with van der Waals surface area (Å²) in [4.78, 5) is 0. The molecule has 38 heavy (non-hydrogen) atoms. The average molecular weight is 625 g/mol. The standard InChI is InChI=1S/C13H9.C12H10Si.C9H7.2ClH.Zr/c1-3-7-12-10(5-1)9-11-6-2-4-8-13(11)12;1-3-7-11(8-4-1)13-12-9-5-2-6-10-12;1-2-5-9-7-3-6-8(9)4-1;;;/h1-9H;1-10H;1-7H;2*1H;/q-1;;-1;;;+4/p-2. The van der Waals surface area contributed by atoms with Crippen molar-refractivity contribution in [1.82, 2.24) is 0 Å². The summed E-state index contributed by atoms with van der Waals surface area (Å²) in [6.45, 7) is 0. The quantitative estimate of drug-likeness (QED) is 0.203. The maximum atomic E-state index is 2.24. The topological polar surface area (TPSA) is 0 Å². The van der Waals surface area contributed by atoms with E-state index in [0.717, 1.165) is 9.52 Å². The molecule has 0 saturated heterocycles. The third-order valence-corrected chi connectivity index (χ3v) is 7.15. The normalized spacial score (nSPS) is 9.58. The number of fused-ring (bicyclic) bond motifs is 4. The Morgan fingerprint density at radius 3 is 1.34 bits per heavy atom. The first-order valence-corrected chi connectivity index (χ1v) is 12.9. The van der Waals surface area contributed by atoms with Gasteiger partial charge < -0.3 is 24.8 Å². The minimum atomic E-state index is 0. The largest absolute Gasteiger partial charge is 4.00 e. The van der Waals surface area contributed by atoms with Crippen LogP contribution in [0.1, 0.15) is 0 Å². The van der Waals surface area contributed by atoms with Crippen LogP contribution < -0.4 is 35.2 Å². The Morgan fingerprint density at radius 2 is 0.842 bits per heavy atom. The van der Waals surface area contributed by atoms with Crippen LogP contribution in [0.25, 0.3) is 32.3 Å². The third kappa shape index (κ3) is 8.38. The van der Waals surface area contributed by atoms with Gasteiger partial charge in [-0.3, -0.25) is 0 Å². The molecule has 0 nitrogen and oxygen atoms in total. The molecule has 184 valence electrons. The summed E-state index contributed by atoms with van der Waals surface area (Å²) in [7, 11) is 0.777. The Bertz CT molecular complexity index is 1500. The minimum absolute atomic E-state index is 0. The molecule has 0 atom stereocenters. The molecule has 0 aliphatic rings. The van der Waals surface area contributed by atoms with E-state index in [1.807, 2.05) is 0 Å². The van der Waals surface area contributed by atoms with Crippen LogP contribution in [0.5, 0.6) is 0 Å². The van der Waals surface area contributed by atoms with Gasteiger partial charge in [-0.05, 0) is 0 Å². The summed E-state index contributed by atoms with van der Waals surface area (Å²) < 4.78 is 0. The van der Waals surface area contributed by atoms with Crippen LogP contribution in [0.4, 0.5) is 0 Å². The van der Waals surface area contributed by atoms with Crippen molar-refractivity contribution in [3.63, 3.8) is 0 Å². The molecule has 0 spiro atoms. The van der Waals surface area contributed by atoms with Gasteiger partial charge in [0.05, 0.1) is 0 Å². The van der Waals surface area contributed by atoms with Crippen LogP contribution in [0.2, 0.25) is 0 Å². The zero-order valence-corrected chi connectivity index (χ0v) is 25.7. The SMILES string of the molecule is [Cl-].[Cl-].[Zr+4].c1ccc([Si]c2ccccc2)cc1.c1ccc2[cH-]ccc2c1.c1ccc2c(c1)[cH-]c1ccccc12. The van der Waals surface area contributed by atoms with E-state index in [4.69, 9.17) is 0 Å². The van der Waals surface area contributed by atoms with E-state index in [-0.39, 0.29) is 51.0 Å². The summed E-state index contributed by atoms with van der Waals surface area (Å²) in [6.07, 6.45) is 0. The van der Waals surface area contributed by atoms with Crippen LogP contribution in [-0.2, 0) is 26.2 Å². The first kappa shape index (κ1) is 31.5. The first-order valence-electron chi connectivity index (χ1n) is 11.9. The van der Waals surface area contributed by atoms with Gasteiger partial charge in [0.2, 0.25) is 0 Å². The van der Waals surface area contributed by atoms with E-state index in [1.165, 1.54) is 42.7 Å². The van der Waals surface area contributed by atoms with Crippen molar-refractivity contribution in [3.8, 4) is 0 Å². The molecule has 4 heteroatoms. The van der Waals surface area contributed by atoms with Gasteiger partial charge in [0.15, 0.2) is 0 Å². The van der Waals surface area contributed by atoms with Gasteiger partial charge in [-0.15, -0.1) is 69.4 Å². The fourth-order valence-electron chi connectivity index (χ4n) is 4.18. The van der Waals surface area contributed by atoms with Crippen molar-refractivity contribution < 1.29 is 51.0 Å². The third-order valence-electron chi connectivity index (χ3n) is 5.91. The second kappa shape index (κ2) is 16.3. The number of halogens is 2. The van der Waals surface area contributed by atoms with Crippen molar-refractivity contribution in [2.24, 2.45) is 0 Å². The van der Waals surface area contributed by atoms with Gasteiger partial charge in [-0.2, -0.15) is 17.5 Å². The molecule has 0 fully saturated rings. The monoisotopic (exact) mass is 622 g/mol. The molecule has 0 aliphatic heterocycles. The zero-order valence-electron chi connectivity index (χ0n) is 20.8. The average Bonchev–Trinajstić information content (AvgIpc) is 3.55. The van der Waals surface area contributed by atoms with Crippen LogP contribution >= 0.6 is 0 Å². The second-order valence-electron chi connectivity index (χ2n) is 8.33. The molecule has 0 aliphatic carbocycles.